The lowest BCUT2D eigenvalue weighted by Gasteiger charge is -2.15. The summed E-state index contributed by atoms with van der Waals surface area (Å²) in [5.74, 6) is 4.84. The predicted molar refractivity (Wildman–Crippen MR) is 289 cm³/mol. The zero-order valence-electron chi connectivity index (χ0n) is 41.1. The molecule has 7 aromatic carbocycles. The van der Waals surface area contributed by atoms with Crippen LogP contribution in [0.5, 0.6) is 34.5 Å². The number of benzene rings is 7. The van der Waals surface area contributed by atoms with Crippen LogP contribution in [0.4, 0.5) is 0 Å². The van der Waals surface area contributed by atoms with Crippen LogP contribution in [0, 0.1) is 0 Å². The highest BCUT2D eigenvalue weighted by Gasteiger charge is 2.20. The Morgan fingerprint density at radius 1 is 0.493 bits per heavy atom. The van der Waals surface area contributed by atoms with Gasteiger partial charge >= 0.3 is 0 Å². The first kappa shape index (κ1) is 55.3. The number of Topliss-reactive ketones (excluding diaryl/α,β-unsaturated/α-hetero) is 1. The monoisotopic (exact) mass is 1060 g/mol. The highest BCUT2D eigenvalue weighted by molar-refractivity contribution is 7.48. The summed E-state index contributed by atoms with van der Waals surface area (Å²) in [6.45, 7) is 0.509. The summed E-state index contributed by atoms with van der Waals surface area (Å²) in [5, 5.41) is 1.28. The number of fused-ring (bicyclic) bond motifs is 2. The molecule has 4 aliphatic rings. The second-order valence-corrected chi connectivity index (χ2v) is 18.9. The maximum atomic E-state index is 12.3. The number of hydrogen-bond acceptors (Lipinski definition) is 9. The highest BCUT2D eigenvalue weighted by Crippen LogP contribution is 2.34. The van der Waals surface area contributed by atoms with Gasteiger partial charge in [-0.3, -0.25) is 14.4 Å². The van der Waals surface area contributed by atoms with Gasteiger partial charge in [-0.05, 0) is 129 Å². The Labute approximate surface area is 442 Å². The van der Waals surface area contributed by atoms with Gasteiger partial charge in [0.15, 0.2) is 40.9 Å². The maximum absolute atomic E-state index is 12.3. The molecule has 2 saturated carbocycles. The second-order valence-electron chi connectivity index (χ2n) is 17.4. The minimum atomic E-state index is 0. The SMILES string of the molecule is O=C(/C=C/c1ccccc1OC1CCCC1)Cc1ccc2c(c1)OCO2.O=C(C[PH2+]c1ccccc1)Cc1ccc2c(c1)OCO2.O=Cc1ccccc1OC1CCCC1.[Br-].c1ccccc1.c1ccccc1. The fraction of sp³-hybridized carbons (Fsp3) is 0.242. The van der Waals surface area contributed by atoms with Crippen LogP contribution in [0.15, 0.2) is 194 Å². The third kappa shape index (κ3) is 19.5. The number of ether oxygens (including phenoxy) is 6. The lowest BCUT2D eigenvalue weighted by molar-refractivity contribution is -0.116. The molecule has 0 N–H and O–H groups in total. The van der Waals surface area contributed by atoms with E-state index in [0.29, 0.717) is 42.5 Å². The van der Waals surface area contributed by atoms with E-state index in [4.69, 9.17) is 28.4 Å². The highest BCUT2D eigenvalue weighted by atomic mass is 79.9. The van der Waals surface area contributed by atoms with Crippen LogP contribution in [0.1, 0.15) is 78.4 Å². The average Bonchev–Trinajstić information content (AvgIpc) is 4.31. The van der Waals surface area contributed by atoms with Crippen molar-refractivity contribution in [2.75, 3.05) is 19.7 Å². The number of halogens is 1. The molecule has 0 bridgehead atoms. The first-order chi connectivity index (χ1) is 35.5. The van der Waals surface area contributed by atoms with E-state index in [1.165, 1.54) is 31.0 Å². The van der Waals surface area contributed by atoms with Gasteiger partial charge in [0, 0.05) is 27.0 Å². The summed E-state index contributed by atoms with van der Waals surface area (Å²) in [4.78, 5) is 35.1. The minimum absolute atomic E-state index is 0. The van der Waals surface area contributed by atoms with Gasteiger partial charge in [-0.2, -0.15) is 0 Å². The molecule has 0 radical (unpaired) electrons. The quantitative estimate of drug-likeness (QED) is 0.0598. The number of para-hydroxylation sites is 2. The van der Waals surface area contributed by atoms with Crippen molar-refractivity contribution in [3.8, 4) is 34.5 Å². The Morgan fingerprint density at radius 3 is 1.40 bits per heavy atom. The number of hydrogen-bond donors (Lipinski definition) is 0. The molecule has 7 aromatic rings. The van der Waals surface area contributed by atoms with Gasteiger partial charge in [-0.1, -0.05) is 133 Å². The molecule has 0 amide bonds. The Morgan fingerprint density at radius 2 is 0.904 bits per heavy atom. The van der Waals surface area contributed by atoms with Gasteiger partial charge in [0.25, 0.3) is 0 Å². The van der Waals surface area contributed by atoms with Crippen LogP contribution < -0.4 is 50.7 Å². The molecule has 1 unspecified atom stereocenters. The van der Waals surface area contributed by atoms with E-state index in [2.05, 4.69) is 12.1 Å². The van der Waals surface area contributed by atoms with Crippen LogP contribution >= 0.6 is 8.58 Å². The van der Waals surface area contributed by atoms with Crippen LogP contribution in [0.25, 0.3) is 6.08 Å². The summed E-state index contributed by atoms with van der Waals surface area (Å²) < 4.78 is 33.1. The van der Waals surface area contributed by atoms with E-state index < -0.39 is 0 Å². The molecule has 11 heteroatoms. The van der Waals surface area contributed by atoms with Crippen LogP contribution in [0.2, 0.25) is 0 Å². The number of carbonyl (C=O) groups excluding carboxylic acids is 3. The summed E-state index contributed by atoms with van der Waals surface area (Å²) in [6, 6.07) is 60.8. The van der Waals surface area contributed by atoms with Crippen molar-refractivity contribution in [1.82, 2.24) is 0 Å². The Balaban J connectivity index is 0.000000163. The zero-order valence-corrected chi connectivity index (χ0v) is 43.8. The standard InChI is InChI=1S/C22H22O4.C16H15O3P.C12H14O2.2C6H6.BrH/c23-18(13-16-9-12-21-22(14-16)25-15-24-21)11-10-17-5-1-4-8-20(17)26-19-6-2-3-7-19;17-13(10-20-14-4-2-1-3-5-14)8-12-6-7-15-16(9-12)19-11-18-15;13-9-10-5-1-4-8-12(10)14-11-6-2-3-7-11;2*1-2-4-6-5-3-1;/h1,4-5,8-12,14,19H,2-3,6-7,13,15H2;1-7,9,20H,8,10-11H2;1,4-5,8-9,11H,2-3,6-7H2;2*1-6H;1H/b11-10+;;;;;. The van der Waals surface area contributed by atoms with E-state index in [9.17, 15) is 14.4 Å². The molecule has 73 heavy (non-hydrogen) atoms. The molecule has 2 fully saturated rings. The van der Waals surface area contributed by atoms with E-state index in [-0.39, 0.29) is 50.7 Å². The molecule has 1 atom stereocenters. The van der Waals surface area contributed by atoms with Crippen molar-refractivity contribution in [3.05, 3.63) is 216 Å². The van der Waals surface area contributed by atoms with Crippen LogP contribution in [-0.2, 0) is 22.4 Å². The van der Waals surface area contributed by atoms with E-state index >= 15 is 0 Å². The van der Waals surface area contributed by atoms with Gasteiger partial charge in [0.05, 0.1) is 23.1 Å². The zero-order chi connectivity index (χ0) is 49.8. The molecule has 0 spiro atoms. The van der Waals surface area contributed by atoms with Crippen molar-refractivity contribution >= 4 is 37.8 Å². The van der Waals surface area contributed by atoms with E-state index in [1.54, 1.807) is 12.1 Å². The van der Waals surface area contributed by atoms with Crippen molar-refractivity contribution in [3.63, 3.8) is 0 Å². The predicted octanol–water partition coefficient (Wildman–Crippen LogP) is 10.0. The summed E-state index contributed by atoms with van der Waals surface area (Å²) in [6.07, 6.45) is 15.8. The second kappa shape index (κ2) is 31.5. The van der Waals surface area contributed by atoms with E-state index in [1.807, 2.05) is 176 Å². The Kier molecular flexibility index (Phi) is 23.8. The van der Waals surface area contributed by atoms with Crippen molar-refractivity contribution in [2.45, 2.75) is 76.4 Å². The molecule has 9 nitrogen and oxygen atoms in total. The lowest BCUT2D eigenvalue weighted by atomic mass is 10.1. The molecule has 2 aliphatic carbocycles. The lowest BCUT2D eigenvalue weighted by Crippen LogP contribution is -3.00. The molecule has 11 rings (SSSR count). The fourth-order valence-corrected chi connectivity index (χ4v) is 9.32. The molecular formula is C62H64BrO9P. The first-order valence-corrected chi connectivity index (χ1v) is 26.2. The topological polar surface area (TPSA) is 107 Å². The first-order valence-electron chi connectivity index (χ1n) is 24.8. The molecule has 2 aliphatic heterocycles. The van der Waals surface area contributed by atoms with Crippen molar-refractivity contribution in [2.24, 2.45) is 0 Å². The van der Waals surface area contributed by atoms with Crippen molar-refractivity contribution in [1.29, 1.82) is 0 Å². The van der Waals surface area contributed by atoms with E-state index in [0.717, 1.165) is 77.4 Å². The molecule has 0 aromatic heterocycles. The van der Waals surface area contributed by atoms with Gasteiger partial charge in [-0.15, -0.1) is 0 Å². The summed E-state index contributed by atoms with van der Waals surface area (Å²) in [7, 11) is 0.0240. The third-order valence-electron chi connectivity index (χ3n) is 12.0. The smallest absolute Gasteiger partial charge is 0.231 e. The average molecular weight is 1060 g/mol. The molecule has 0 saturated heterocycles. The number of ketones is 2. The number of allylic oxidation sites excluding steroid dienone is 1. The fourth-order valence-electron chi connectivity index (χ4n) is 8.22. The largest absolute Gasteiger partial charge is 1.00 e. The Bertz CT molecular complexity index is 2660. The third-order valence-corrected chi connectivity index (χ3v) is 13.5. The normalized spacial score (nSPS) is 13.9. The van der Waals surface area contributed by atoms with Gasteiger partial charge in [-0.25, -0.2) is 0 Å². The van der Waals surface area contributed by atoms with Crippen molar-refractivity contribution < 1.29 is 59.8 Å². The Hall–Kier alpha value is -7.00. The van der Waals surface area contributed by atoms with Gasteiger partial charge in [0.2, 0.25) is 13.6 Å². The number of carbonyl (C=O) groups is 3. The molecule has 378 valence electrons. The maximum Gasteiger partial charge on any atom is 0.231 e. The van der Waals surface area contributed by atoms with Gasteiger partial charge in [0.1, 0.15) is 17.7 Å². The number of aldehydes is 1. The van der Waals surface area contributed by atoms with Gasteiger partial charge < -0.3 is 45.4 Å². The van der Waals surface area contributed by atoms with Crippen LogP contribution in [0.3, 0.4) is 0 Å². The van der Waals surface area contributed by atoms with Crippen LogP contribution in [-0.4, -0.2) is 49.8 Å². The number of rotatable bonds is 14. The summed E-state index contributed by atoms with van der Waals surface area (Å²) >= 11 is 0. The molecule has 2 heterocycles. The molecular weight excluding hydrogens is 1000 g/mol. The summed E-state index contributed by atoms with van der Waals surface area (Å²) in [5.41, 5.74) is 3.50. The minimum Gasteiger partial charge on any atom is -1.00 e.